The minimum absolute atomic E-state index is 0.324. The van der Waals surface area contributed by atoms with E-state index in [1.54, 1.807) is 27.5 Å². The third-order valence-corrected chi connectivity index (χ3v) is 10.9. The number of hydrogen-bond acceptors (Lipinski definition) is 11. The van der Waals surface area contributed by atoms with Crippen molar-refractivity contribution in [2.75, 3.05) is 88.0 Å². The number of benzene rings is 2. The molecule has 48 heavy (non-hydrogen) atoms. The molecule has 0 radical (unpaired) electrons. The van der Waals surface area contributed by atoms with E-state index >= 15 is 0 Å². The van der Waals surface area contributed by atoms with Gasteiger partial charge in [0, 0.05) is 69.6 Å². The minimum atomic E-state index is -2.22. The van der Waals surface area contributed by atoms with E-state index in [1.807, 2.05) is 24.3 Å². The smallest absolute Gasteiger partial charge is 0.261 e. The molecule has 0 amide bonds. The summed E-state index contributed by atoms with van der Waals surface area (Å²) in [5.74, 6) is 2.89. The van der Waals surface area contributed by atoms with Crippen molar-refractivity contribution in [1.29, 1.82) is 0 Å². The Labute approximate surface area is 293 Å². The Morgan fingerprint density at radius 2 is 1.79 bits per heavy atom. The molecule has 3 N–H and O–H groups in total. The number of nitrogens with one attached hydrogen (secondary N) is 2. The molecule has 3 aromatic rings. The first-order valence-corrected chi connectivity index (χ1v) is 18.1. The molecule has 2 aromatic carbocycles. The van der Waals surface area contributed by atoms with Crippen molar-refractivity contribution >= 4 is 61.7 Å². The maximum Gasteiger partial charge on any atom is 0.261 e. The lowest BCUT2D eigenvalue weighted by atomic mass is 9.97. The number of likely N-dealkylation sites (tertiary alicyclic amines) is 1. The molecule has 15 heteroatoms. The van der Waals surface area contributed by atoms with Gasteiger partial charge in [-0.1, -0.05) is 0 Å². The van der Waals surface area contributed by atoms with E-state index in [1.165, 1.54) is 23.7 Å². The first-order chi connectivity index (χ1) is 23.1. The van der Waals surface area contributed by atoms with Crippen LogP contribution in [0.15, 0.2) is 34.9 Å². The number of methoxy groups -OCH3 is 2. The molecule has 0 bridgehead atoms. The molecule has 4 heterocycles. The SMILES string of the molecule is COc1cc(N2CCC(N3CCCC(N(C)C)C3)CC2)c(OC)cc1Nc1ncc(Br)c(Nc2cc3c(cc2N(C)S(=O)O)CCO3)n1. The van der Waals surface area contributed by atoms with Crippen molar-refractivity contribution in [2.45, 2.75) is 44.2 Å². The number of aromatic nitrogens is 2. The second kappa shape index (κ2) is 15.0. The van der Waals surface area contributed by atoms with Gasteiger partial charge in [-0.15, -0.1) is 0 Å². The minimum Gasteiger partial charge on any atom is -0.494 e. The second-order valence-corrected chi connectivity index (χ2v) is 14.5. The van der Waals surface area contributed by atoms with Gasteiger partial charge in [0.25, 0.3) is 11.3 Å². The highest BCUT2D eigenvalue weighted by Gasteiger charge is 2.31. The summed E-state index contributed by atoms with van der Waals surface area (Å²) >= 11 is 1.33. The molecular weight excluding hydrogens is 700 g/mol. The lowest BCUT2D eigenvalue weighted by Gasteiger charge is -2.44. The highest BCUT2D eigenvalue weighted by molar-refractivity contribution is 9.10. The molecule has 2 unspecified atom stereocenters. The van der Waals surface area contributed by atoms with Gasteiger partial charge in [0.1, 0.15) is 23.1 Å². The van der Waals surface area contributed by atoms with E-state index in [2.05, 4.69) is 60.3 Å². The van der Waals surface area contributed by atoms with Crippen LogP contribution in [0.2, 0.25) is 0 Å². The zero-order valence-electron chi connectivity index (χ0n) is 28.2. The first kappa shape index (κ1) is 34.5. The summed E-state index contributed by atoms with van der Waals surface area (Å²) in [5.41, 5.74) is 3.74. The maximum atomic E-state index is 12.0. The van der Waals surface area contributed by atoms with Crippen LogP contribution in [0, 0.1) is 0 Å². The van der Waals surface area contributed by atoms with E-state index in [0.717, 1.165) is 61.6 Å². The number of rotatable bonds is 11. The Balaban J connectivity index is 1.19. The average Bonchev–Trinajstić information content (AvgIpc) is 3.56. The largest absolute Gasteiger partial charge is 0.494 e. The number of halogens is 1. The van der Waals surface area contributed by atoms with Crippen LogP contribution in [-0.4, -0.2) is 109 Å². The summed E-state index contributed by atoms with van der Waals surface area (Å²) in [6, 6.07) is 8.86. The van der Waals surface area contributed by atoms with Gasteiger partial charge in [-0.05, 0) is 73.9 Å². The van der Waals surface area contributed by atoms with Gasteiger partial charge < -0.3 is 34.6 Å². The fourth-order valence-corrected chi connectivity index (χ4v) is 7.46. The van der Waals surface area contributed by atoms with Crippen LogP contribution < -0.4 is 34.0 Å². The lowest BCUT2D eigenvalue weighted by molar-refractivity contribution is 0.0845. The predicted molar refractivity (Wildman–Crippen MR) is 194 cm³/mol. The quantitative estimate of drug-likeness (QED) is 0.222. The van der Waals surface area contributed by atoms with E-state index < -0.39 is 11.3 Å². The van der Waals surface area contributed by atoms with Crippen molar-refractivity contribution in [2.24, 2.45) is 0 Å². The van der Waals surface area contributed by atoms with Crippen LogP contribution >= 0.6 is 15.9 Å². The molecule has 2 saturated heterocycles. The van der Waals surface area contributed by atoms with Gasteiger partial charge in [0.15, 0.2) is 0 Å². The Bertz CT molecular complexity index is 1640. The van der Waals surface area contributed by atoms with E-state index in [-0.39, 0.29) is 0 Å². The average molecular weight is 746 g/mol. The Kier molecular flexibility index (Phi) is 10.8. The van der Waals surface area contributed by atoms with E-state index in [4.69, 9.17) is 19.2 Å². The van der Waals surface area contributed by atoms with Gasteiger partial charge in [-0.3, -0.25) is 13.8 Å². The van der Waals surface area contributed by atoms with Crippen LogP contribution in [-0.2, 0) is 17.7 Å². The summed E-state index contributed by atoms with van der Waals surface area (Å²) in [6.07, 6.45) is 7.12. The Morgan fingerprint density at radius 1 is 1.02 bits per heavy atom. The highest BCUT2D eigenvalue weighted by atomic mass is 79.9. The zero-order chi connectivity index (χ0) is 33.9. The molecule has 0 saturated carbocycles. The van der Waals surface area contributed by atoms with Crippen LogP contribution in [0.25, 0.3) is 0 Å². The third-order valence-electron chi connectivity index (χ3n) is 9.61. The van der Waals surface area contributed by atoms with Crippen molar-refractivity contribution in [3.05, 3.63) is 40.5 Å². The van der Waals surface area contributed by atoms with Gasteiger partial charge in [-0.25, -0.2) is 9.19 Å². The Hall–Kier alpha value is -3.37. The summed E-state index contributed by atoms with van der Waals surface area (Å²) in [6.45, 7) is 4.78. The van der Waals surface area contributed by atoms with Crippen molar-refractivity contribution in [3.63, 3.8) is 0 Å². The molecule has 3 aliphatic heterocycles. The molecule has 1 aromatic heterocycles. The van der Waals surface area contributed by atoms with Gasteiger partial charge in [-0.2, -0.15) is 4.98 Å². The van der Waals surface area contributed by atoms with E-state index in [9.17, 15) is 8.76 Å². The number of fused-ring (bicyclic) bond motifs is 1. The van der Waals surface area contributed by atoms with E-state index in [0.29, 0.717) is 57.7 Å². The number of anilines is 6. The molecular formula is C33H45BrN8O5S. The van der Waals surface area contributed by atoms with Crippen LogP contribution in [0.5, 0.6) is 17.2 Å². The predicted octanol–water partition coefficient (Wildman–Crippen LogP) is 5.25. The first-order valence-electron chi connectivity index (χ1n) is 16.3. The van der Waals surface area contributed by atoms with Crippen molar-refractivity contribution in [1.82, 2.24) is 19.8 Å². The second-order valence-electron chi connectivity index (χ2n) is 12.6. The lowest BCUT2D eigenvalue weighted by Crippen LogP contribution is -2.52. The summed E-state index contributed by atoms with van der Waals surface area (Å²) in [7, 11) is 9.27. The normalized spacial score (nSPS) is 19.1. The fourth-order valence-electron chi connectivity index (χ4n) is 6.85. The Morgan fingerprint density at radius 3 is 2.50 bits per heavy atom. The molecule has 0 aliphatic carbocycles. The molecule has 2 fully saturated rings. The molecule has 260 valence electrons. The molecule has 6 rings (SSSR count). The standard InChI is InChI=1S/C33H45BrN8O5S/c1-39(2)23-7-6-11-42(20-23)22-8-12-41(13-9-22)28-18-30(45-4)26(17-31(28)46-5)37-33-35-19-24(34)32(38-33)36-25-16-29-21(10-14-47-29)15-27(25)40(3)48(43)44/h15-19,22-23H,6-14,20H2,1-5H3,(H,43,44)(H2,35,36,37,38). The van der Waals surface area contributed by atoms with Gasteiger partial charge >= 0.3 is 0 Å². The van der Waals surface area contributed by atoms with Crippen molar-refractivity contribution < 1.29 is 23.0 Å². The monoisotopic (exact) mass is 744 g/mol. The zero-order valence-corrected chi connectivity index (χ0v) is 30.6. The molecule has 0 spiro atoms. The van der Waals surface area contributed by atoms with Crippen LogP contribution in [0.3, 0.4) is 0 Å². The molecule has 13 nitrogen and oxygen atoms in total. The maximum absolute atomic E-state index is 12.0. The number of likely N-dealkylation sites (N-methyl/N-ethyl adjacent to an activating group) is 1. The van der Waals surface area contributed by atoms with Crippen LogP contribution in [0.4, 0.5) is 34.5 Å². The van der Waals surface area contributed by atoms with Crippen LogP contribution in [0.1, 0.15) is 31.2 Å². The number of hydrogen-bond donors (Lipinski definition) is 3. The van der Waals surface area contributed by atoms with Crippen molar-refractivity contribution in [3.8, 4) is 17.2 Å². The molecule has 2 atom stereocenters. The number of nitrogens with zero attached hydrogens (tertiary/aromatic N) is 6. The summed E-state index contributed by atoms with van der Waals surface area (Å²) in [4.78, 5) is 16.7. The van der Waals surface area contributed by atoms with Gasteiger partial charge in [0.2, 0.25) is 5.95 Å². The highest BCUT2D eigenvalue weighted by Crippen LogP contribution is 2.42. The number of piperidine rings is 2. The summed E-state index contributed by atoms with van der Waals surface area (Å²) in [5, 5.41) is 6.60. The fraction of sp³-hybridized carbons (Fsp3) is 0.515. The molecule has 3 aliphatic rings. The number of ether oxygens (including phenoxy) is 3. The topological polar surface area (TPSA) is 128 Å². The third kappa shape index (κ3) is 7.44. The summed E-state index contributed by atoms with van der Waals surface area (Å²) < 4.78 is 41.2. The van der Waals surface area contributed by atoms with Gasteiger partial charge in [0.05, 0.1) is 48.0 Å².